The van der Waals surface area contributed by atoms with E-state index in [0.29, 0.717) is 5.69 Å². The summed E-state index contributed by atoms with van der Waals surface area (Å²) in [5.74, 6) is -0.949. The number of aliphatic imine (C=N–C) groups is 2. The van der Waals surface area contributed by atoms with Crippen molar-refractivity contribution < 1.29 is 15.3 Å². The van der Waals surface area contributed by atoms with Crippen molar-refractivity contribution in [3.63, 3.8) is 0 Å². The van der Waals surface area contributed by atoms with Crippen LogP contribution < -0.4 is 11.1 Å². The Morgan fingerprint density at radius 1 is 0.829 bits per heavy atom. The van der Waals surface area contributed by atoms with Crippen molar-refractivity contribution in [1.29, 1.82) is 10.5 Å². The number of phenolic OH excluding ortho intramolecular Hbond substituents is 1. The fourth-order valence-corrected chi connectivity index (χ4v) is 3.36. The van der Waals surface area contributed by atoms with Gasteiger partial charge in [-0.15, -0.1) is 0 Å². The van der Waals surface area contributed by atoms with E-state index < -0.39 is 17.0 Å². The van der Waals surface area contributed by atoms with E-state index in [4.69, 9.17) is 0 Å². The summed E-state index contributed by atoms with van der Waals surface area (Å²) in [7, 11) is 2.65. The molecule has 3 aromatic rings. The fourth-order valence-electron chi connectivity index (χ4n) is 3.36. The van der Waals surface area contributed by atoms with Crippen molar-refractivity contribution in [2.75, 3.05) is 0 Å². The van der Waals surface area contributed by atoms with E-state index in [2.05, 4.69) is 9.98 Å². The summed E-state index contributed by atoms with van der Waals surface area (Å²) in [6, 6.07) is 7.87. The van der Waals surface area contributed by atoms with Crippen molar-refractivity contribution in [1.82, 2.24) is 9.13 Å². The molecule has 176 valence electrons. The van der Waals surface area contributed by atoms with E-state index in [0.717, 1.165) is 9.13 Å². The number of rotatable bonds is 4. The summed E-state index contributed by atoms with van der Waals surface area (Å²) >= 11 is 0. The minimum Gasteiger partial charge on any atom is -0.506 e. The highest BCUT2D eigenvalue weighted by atomic mass is 16.3. The SMILES string of the molecule is Cc1c(C=Nc2ccc(O)c(N=Cc3c(C)c(C#N)c(=O)n(C)c3O)c2)c(O)n(C)c(=O)c1C#N. The van der Waals surface area contributed by atoms with Crippen LogP contribution in [0.3, 0.4) is 0 Å². The van der Waals surface area contributed by atoms with E-state index in [1.165, 1.54) is 58.6 Å². The largest absolute Gasteiger partial charge is 0.506 e. The number of phenols is 1. The summed E-state index contributed by atoms with van der Waals surface area (Å²) in [6.07, 6.45) is 2.50. The number of pyridine rings is 2. The van der Waals surface area contributed by atoms with E-state index in [1.54, 1.807) is 0 Å². The summed E-state index contributed by atoms with van der Waals surface area (Å²) in [5.41, 5.74) is -0.325. The van der Waals surface area contributed by atoms with Crippen LogP contribution in [0.5, 0.6) is 17.5 Å². The summed E-state index contributed by atoms with van der Waals surface area (Å²) in [6.45, 7) is 3.02. The van der Waals surface area contributed by atoms with Gasteiger partial charge in [-0.3, -0.25) is 28.7 Å². The topological polar surface area (TPSA) is 177 Å². The van der Waals surface area contributed by atoms with Gasteiger partial charge in [0.15, 0.2) is 0 Å². The lowest BCUT2D eigenvalue weighted by molar-refractivity contribution is 0.421. The zero-order chi connectivity index (χ0) is 26.0. The fraction of sp³-hybridized carbons (Fsp3) is 0.167. The maximum Gasteiger partial charge on any atom is 0.271 e. The zero-order valence-corrected chi connectivity index (χ0v) is 19.2. The lowest BCUT2D eigenvalue weighted by atomic mass is 10.1. The maximum atomic E-state index is 12.1. The van der Waals surface area contributed by atoms with E-state index >= 15 is 0 Å². The maximum absolute atomic E-state index is 12.1. The highest BCUT2D eigenvalue weighted by Crippen LogP contribution is 2.32. The molecule has 0 saturated carbocycles. The highest BCUT2D eigenvalue weighted by Gasteiger charge is 2.17. The Hall–Kier alpha value is -5.16. The van der Waals surface area contributed by atoms with Crippen LogP contribution in [0.2, 0.25) is 0 Å². The molecule has 0 aliphatic rings. The normalized spacial score (nSPS) is 11.1. The molecule has 0 saturated heterocycles. The second-order valence-electron chi connectivity index (χ2n) is 7.62. The Balaban J connectivity index is 2.06. The molecule has 11 nitrogen and oxygen atoms in total. The second kappa shape index (κ2) is 9.37. The zero-order valence-electron chi connectivity index (χ0n) is 19.2. The van der Waals surface area contributed by atoms with Gasteiger partial charge < -0.3 is 15.3 Å². The summed E-state index contributed by atoms with van der Waals surface area (Å²) < 4.78 is 1.86. The van der Waals surface area contributed by atoms with E-state index in [-0.39, 0.29) is 50.7 Å². The number of aromatic nitrogens is 2. The third-order valence-electron chi connectivity index (χ3n) is 5.57. The van der Waals surface area contributed by atoms with Gasteiger partial charge in [0.05, 0.1) is 16.8 Å². The number of aromatic hydroxyl groups is 3. The van der Waals surface area contributed by atoms with Crippen LogP contribution in [-0.2, 0) is 14.1 Å². The lowest BCUT2D eigenvalue weighted by Crippen LogP contribution is -2.22. The molecule has 0 bridgehead atoms. The average Bonchev–Trinajstić information content (AvgIpc) is 2.83. The molecular weight excluding hydrogens is 452 g/mol. The van der Waals surface area contributed by atoms with Crippen molar-refractivity contribution in [3.8, 4) is 29.6 Å². The van der Waals surface area contributed by atoms with E-state index in [9.17, 15) is 35.4 Å². The lowest BCUT2D eigenvalue weighted by Gasteiger charge is -2.10. The van der Waals surface area contributed by atoms with Gasteiger partial charge in [0.1, 0.15) is 34.7 Å². The smallest absolute Gasteiger partial charge is 0.271 e. The highest BCUT2D eigenvalue weighted by molar-refractivity contribution is 5.89. The van der Waals surface area contributed by atoms with Gasteiger partial charge in [-0.2, -0.15) is 10.5 Å². The molecule has 0 amide bonds. The molecule has 2 aromatic heterocycles. The van der Waals surface area contributed by atoms with Crippen LogP contribution in [0.4, 0.5) is 11.4 Å². The van der Waals surface area contributed by atoms with Gasteiger partial charge in [-0.1, -0.05) is 0 Å². The van der Waals surface area contributed by atoms with Gasteiger partial charge in [-0.05, 0) is 43.2 Å². The molecular formula is C24H20N6O5. The molecule has 0 aliphatic heterocycles. The Labute approximate surface area is 199 Å². The molecule has 0 fully saturated rings. The first kappa shape index (κ1) is 24.5. The minimum atomic E-state index is -0.643. The monoisotopic (exact) mass is 472 g/mol. The van der Waals surface area contributed by atoms with E-state index in [1.807, 2.05) is 12.1 Å². The number of nitriles is 2. The third kappa shape index (κ3) is 4.26. The number of hydrogen-bond acceptors (Lipinski definition) is 9. The molecule has 0 radical (unpaired) electrons. The number of hydrogen-bond donors (Lipinski definition) is 3. The van der Waals surface area contributed by atoms with Gasteiger partial charge in [0, 0.05) is 26.5 Å². The first-order valence-corrected chi connectivity index (χ1v) is 10.1. The third-order valence-corrected chi connectivity index (χ3v) is 5.57. The predicted octanol–water partition coefficient (Wildman–Crippen LogP) is 2.06. The van der Waals surface area contributed by atoms with Crippen LogP contribution in [-0.4, -0.2) is 36.9 Å². The summed E-state index contributed by atoms with van der Waals surface area (Å²) in [5, 5.41) is 49.4. The van der Waals surface area contributed by atoms with Gasteiger partial charge in [-0.25, -0.2) is 0 Å². The van der Waals surface area contributed by atoms with Crippen LogP contribution >= 0.6 is 0 Å². The number of nitrogens with zero attached hydrogens (tertiary/aromatic N) is 6. The predicted molar refractivity (Wildman–Crippen MR) is 128 cm³/mol. The molecule has 35 heavy (non-hydrogen) atoms. The van der Waals surface area contributed by atoms with Crippen molar-refractivity contribution >= 4 is 23.8 Å². The van der Waals surface area contributed by atoms with Crippen molar-refractivity contribution in [3.05, 3.63) is 72.3 Å². The second-order valence-corrected chi connectivity index (χ2v) is 7.62. The molecule has 1 aromatic carbocycles. The quantitative estimate of drug-likeness (QED) is 0.486. The molecule has 2 heterocycles. The van der Waals surface area contributed by atoms with Gasteiger partial charge >= 0.3 is 0 Å². The minimum absolute atomic E-state index is 0.0740. The Morgan fingerprint density at radius 2 is 1.29 bits per heavy atom. The van der Waals surface area contributed by atoms with Crippen molar-refractivity contribution in [2.45, 2.75) is 13.8 Å². The van der Waals surface area contributed by atoms with Crippen LogP contribution in [0.15, 0.2) is 37.8 Å². The molecule has 11 heteroatoms. The summed E-state index contributed by atoms with van der Waals surface area (Å²) in [4.78, 5) is 32.6. The average molecular weight is 472 g/mol. The molecule has 3 rings (SSSR count). The molecule has 3 N–H and O–H groups in total. The van der Waals surface area contributed by atoms with Gasteiger partial charge in [0.2, 0.25) is 11.8 Å². The molecule has 0 aliphatic carbocycles. The van der Waals surface area contributed by atoms with Crippen LogP contribution in [0.1, 0.15) is 33.4 Å². The van der Waals surface area contributed by atoms with Crippen LogP contribution in [0.25, 0.3) is 0 Å². The first-order chi connectivity index (χ1) is 16.5. The molecule has 0 atom stereocenters. The van der Waals surface area contributed by atoms with Crippen molar-refractivity contribution in [2.24, 2.45) is 24.1 Å². The first-order valence-electron chi connectivity index (χ1n) is 10.1. The Bertz CT molecular complexity index is 1630. The molecule has 0 spiro atoms. The van der Waals surface area contributed by atoms with Gasteiger partial charge in [0.25, 0.3) is 11.1 Å². The van der Waals surface area contributed by atoms with Crippen LogP contribution in [0, 0.1) is 36.5 Å². The molecule has 0 unspecified atom stereocenters. The Kier molecular flexibility index (Phi) is 6.55. The standard InChI is InChI=1S/C24H20N6O5/c1-12-15(8-25)21(32)29(3)23(34)17(12)10-27-14-5-6-20(31)19(7-14)28-11-18-13(2)16(9-26)22(33)30(4)24(18)35/h5-7,10-11,31,34-35H,1-4H3. The Morgan fingerprint density at radius 3 is 1.74 bits per heavy atom. The number of benzene rings is 1.